The highest BCUT2D eigenvalue weighted by atomic mass is 16.3. The van der Waals surface area contributed by atoms with E-state index in [1.807, 2.05) is 24.5 Å². The smallest absolute Gasteiger partial charge is 0.226 e. The molecule has 142 valence electrons. The Morgan fingerprint density at radius 3 is 2.79 bits per heavy atom. The molecule has 3 heterocycles. The second-order valence-corrected chi connectivity index (χ2v) is 7.61. The third-order valence-electron chi connectivity index (χ3n) is 5.70. The maximum absolute atomic E-state index is 5.77. The van der Waals surface area contributed by atoms with Gasteiger partial charge in [-0.05, 0) is 62.7 Å². The molecule has 1 aliphatic heterocycles. The zero-order valence-electron chi connectivity index (χ0n) is 16.1. The summed E-state index contributed by atoms with van der Waals surface area (Å²) >= 11 is 0. The molecule has 0 spiro atoms. The molecule has 0 amide bonds. The van der Waals surface area contributed by atoms with Crippen molar-refractivity contribution in [1.82, 2.24) is 19.4 Å². The van der Waals surface area contributed by atoms with Gasteiger partial charge in [-0.1, -0.05) is 18.6 Å². The Balaban J connectivity index is 1.35. The van der Waals surface area contributed by atoms with Crippen molar-refractivity contribution in [1.29, 1.82) is 0 Å². The van der Waals surface area contributed by atoms with Gasteiger partial charge in [-0.3, -0.25) is 9.47 Å². The largest absolute Gasteiger partial charge is 0.444 e. The highest BCUT2D eigenvalue weighted by Crippen LogP contribution is 2.24. The van der Waals surface area contributed by atoms with E-state index in [9.17, 15) is 0 Å². The molecule has 0 saturated carbocycles. The molecule has 5 heteroatoms. The van der Waals surface area contributed by atoms with Crippen LogP contribution in [0.1, 0.15) is 31.9 Å². The van der Waals surface area contributed by atoms with E-state index in [0.717, 1.165) is 41.1 Å². The zero-order chi connectivity index (χ0) is 18.9. The standard InChI is InChI=1S/C23H24N4O/c1-17-6-4-5-13-26(17)14-19-15-28-23(25-19)18-9-11-20(12-10-18)27-16-24-21-7-2-3-8-22(21)27/h2-3,7-12,15-17H,4-6,13-14H2,1H3. The summed E-state index contributed by atoms with van der Waals surface area (Å²) < 4.78 is 7.87. The van der Waals surface area contributed by atoms with Crippen molar-refractivity contribution >= 4 is 11.0 Å². The predicted molar refractivity (Wildman–Crippen MR) is 110 cm³/mol. The number of fused-ring (bicyclic) bond motifs is 1. The summed E-state index contributed by atoms with van der Waals surface area (Å²) in [6, 6.07) is 17.1. The second-order valence-electron chi connectivity index (χ2n) is 7.61. The number of aromatic nitrogens is 3. The topological polar surface area (TPSA) is 47.1 Å². The lowest BCUT2D eigenvalue weighted by Crippen LogP contribution is -2.36. The monoisotopic (exact) mass is 372 g/mol. The fourth-order valence-electron chi connectivity index (χ4n) is 4.04. The fraction of sp³-hybridized carbons (Fsp3) is 0.304. The minimum absolute atomic E-state index is 0.623. The normalized spacial score (nSPS) is 18.0. The summed E-state index contributed by atoms with van der Waals surface area (Å²) in [6.07, 6.45) is 7.55. The number of para-hydroxylation sites is 2. The van der Waals surface area contributed by atoms with Crippen LogP contribution in [0.5, 0.6) is 0 Å². The van der Waals surface area contributed by atoms with Crippen LogP contribution in [0.25, 0.3) is 28.2 Å². The number of oxazole rings is 1. The predicted octanol–water partition coefficient (Wildman–Crippen LogP) is 5.05. The van der Waals surface area contributed by atoms with Gasteiger partial charge >= 0.3 is 0 Å². The molecule has 1 unspecified atom stereocenters. The molecule has 1 saturated heterocycles. The first-order valence-corrected chi connectivity index (χ1v) is 9.99. The van der Waals surface area contributed by atoms with Crippen molar-refractivity contribution in [2.24, 2.45) is 0 Å². The van der Waals surface area contributed by atoms with Gasteiger partial charge in [0.15, 0.2) is 0 Å². The summed E-state index contributed by atoms with van der Waals surface area (Å²) in [4.78, 5) is 11.7. The summed E-state index contributed by atoms with van der Waals surface area (Å²) in [6.45, 7) is 4.32. The molecule has 0 N–H and O–H groups in total. The third kappa shape index (κ3) is 3.22. The lowest BCUT2D eigenvalue weighted by atomic mass is 10.0. The first-order valence-electron chi connectivity index (χ1n) is 9.99. The molecule has 0 radical (unpaired) electrons. The molecule has 1 aliphatic rings. The van der Waals surface area contributed by atoms with Gasteiger partial charge in [-0.2, -0.15) is 0 Å². The first kappa shape index (κ1) is 17.2. The Hall–Kier alpha value is -2.92. The molecule has 5 nitrogen and oxygen atoms in total. The van der Waals surface area contributed by atoms with Crippen molar-refractivity contribution in [3.8, 4) is 17.1 Å². The van der Waals surface area contributed by atoms with Gasteiger partial charge in [0.1, 0.15) is 12.6 Å². The van der Waals surface area contributed by atoms with E-state index in [1.165, 1.54) is 19.3 Å². The van der Waals surface area contributed by atoms with Gasteiger partial charge in [-0.25, -0.2) is 9.97 Å². The summed E-state index contributed by atoms with van der Waals surface area (Å²) in [7, 11) is 0. The maximum Gasteiger partial charge on any atom is 0.226 e. The van der Waals surface area contributed by atoms with Crippen LogP contribution < -0.4 is 0 Å². The van der Waals surface area contributed by atoms with Crippen molar-refractivity contribution in [3.05, 3.63) is 66.8 Å². The van der Waals surface area contributed by atoms with Gasteiger partial charge in [0, 0.05) is 23.8 Å². The number of likely N-dealkylation sites (tertiary alicyclic amines) is 1. The molecule has 1 fully saturated rings. The van der Waals surface area contributed by atoms with Crippen LogP contribution in [-0.2, 0) is 6.54 Å². The molecule has 1 atom stereocenters. The highest BCUT2D eigenvalue weighted by molar-refractivity contribution is 5.77. The van der Waals surface area contributed by atoms with E-state index in [1.54, 1.807) is 6.26 Å². The Labute approximate surface area is 164 Å². The minimum atomic E-state index is 0.623. The lowest BCUT2D eigenvalue weighted by Gasteiger charge is -2.32. The summed E-state index contributed by atoms with van der Waals surface area (Å²) in [5.41, 5.74) is 5.17. The molecular weight excluding hydrogens is 348 g/mol. The maximum atomic E-state index is 5.77. The van der Waals surface area contributed by atoms with Crippen LogP contribution in [0.3, 0.4) is 0 Å². The van der Waals surface area contributed by atoms with Gasteiger partial charge in [0.05, 0.1) is 16.7 Å². The number of piperidine rings is 1. The Kier molecular flexibility index (Phi) is 4.45. The van der Waals surface area contributed by atoms with E-state index in [0.29, 0.717) is 11.9 Å². The van der Waals surface area contributed by atoms with Crippen LogP contribution in [0, 0.1) is 0 Å². The average Bonchev–Trinajstić information content (AvgIpc) is 3.37. The summed E-state index contributed by atoms with van der Waals surface area (Å²) in [5, 5.41) is 0. The van der Waals surface area contributed by atoms with Crippen LogP contribution in [0.15, 0.2) is 65.5 Å². The van der Waals surface area contributed by atoms with E-state index in [4.69, 9.17) is 9.40 Å². The number of hydrogen-bond donors (Lipinski definition) is 0. The number of hydrogen-bond acceptors (Lipinski definition) is 4. The van der Waals surface area contributed by atoms with Crippen molar-refractivity contribution in [3.63, 3.8) is 0 Å². The van der Waals surface area contributed by atoms with Crippen molar-refractivity contribution in [2.45, 2.75) is 38.8 Å². The molecule has 0 aliphatic carbocycles. The van der Waals surface area contributed by atoms with Crippen LogP contribution >= 0.6 is 0 Å². The molecule has 4 aromatic rings. The van der Waals surface area contributed by atoms with Gasteiger partial charge < -0.3 is 4.42 Å². The van der Waals surface area contributed by atoms with Crippen molar-refractivity contribution < 1.29 is 4.42 Å². The van der Waals surface area contributed by atoms with Gasteiger partial charge in [-0.15, -0.1) is 0 Å². The molecular formula is C23H24N4O. The van der Waals surface area contributed by atoms with Crippen molar-refractivity contribution in [2.75, 3.05) is 6.54 Å². The lowest BCUT2D eigenvalue weighted by molar-refractivity contribution is 0.151. The second kappa shape index (κ2) is 7.24. The average molecular weight is 372 g/mol. The van der Waals surface area contributed by atoms with Gasteiger partial charge in [0.25, 0.3) is 0 Å². The van der Waals surface area contributed by atoms with E-state index >= 15 is 0 Å². The molecule has 5 rings (SSSR count). The SMILES string of the molecule is CC1CCCCN1Cc1coc(-c2ccc(-n3cnc4ccccc43)cc2)n1. The third-order valence-corrected chi connectivity index (χ3v) is 5.70. The van der Waals surface area contributed by atoms with E-state index in [2.05, 4.69) is 51.7 Å². The summed E-state index contributed by atoms with van der Waals surface area (Å²) in [5.74, 6) is 0.682. The van der Waals surface area contributed by atoms with E-state index < -0.39 is 0 Å². The number of imidazole rings is 1. The fourth-order valence-corrected chi connectivity index (χ4v) is 4.04. The quantitative estimate of drug-likeness (QED) is 0.503. The van der Waals surface area contributed by atoms with Gasteiger partial charge in [0.2, 0.25) is 5.89 Å². The zero-order valence-corrected chi connectivity index (χ0v) is 16.1. The first-order chi connectivity index (χ1) is 13.8. The number of benzene rings is 2. The molecule has 28 heavy (non-hydrogen) atoms. The Bertz CT molecular complexity index is 1080. The minimum Gasteiger partial charge on any atom is -0.444 e. The van der Waals surface area contributed by atoms with E-state index in [-0.39, 0.29) is 0 Å². The highest BCUT2D eigenvalue weighted by Gasteiger charge is 2.19. The van der Waals surface area contributed by atoms with Crippen LogP contribution in [0.2, 0.25) is 0 Å². The molecule has 0 bridgehead atoms. The van der Waals surface area contributed by atoms with Crippen LogP contribution in [-0.4, -0.2) is 32.0 Å². The molecule has 2 aromatic carbocycles. The number of rotatable bonds is 4. The Morgan fingerprint density at radius 1 is 1.07 bits per heavy atom. The van der Waals surface area contributed by atoms with Crippen LogP contribution in [0.4, 0.5) is 0 Å². The molecule has 2 aromatic heterocycles. The number of nitrogens with zero attached hydrogens (tertiary/aromatic N) is 4. The Morgan fingerprint density at radius 2 is 1.93 bits per heavy atom.